The highest BCUT2D eigenvalue weighted by atomic mass is 16.5. The second-order valence-electron chi connectivity index (χ2n) is 4.25. The highest BCUT2D eigenvalue weighted by molar-refractivity contribution is 6.01. The van der Waals surface area contributed by atoms with E-state index in [1.807, 2.05) is 31.2 Å². The lowest BCUT2D eigenvalue weighted by Crippen LogP contribution is -2.05. The first-order valence-electron chi connectivity index (χ1n) is 5.46. The number of ether oxygens (including phenoxy) is 1. The van der Waals surface area contributed by atoms with Gasteiger partial charge < -0.3 is 4.74 Å². The Morgan fingerprint density at radius 1 is 1.38 bits per heavy atom. The van der Waals surface area contributed by atoms with Crippen molar-refractivity contribution in [3.63, 3.8) is 0 Å². The average Bonchev–Trinajstić information content (AvgIpc) is 2.65. The molecule has 0 saturated heterocycles. The van der Waals surface area contributed by atoms with Crippen LogP contribution in [-0.4, -0.2) is 12.4 Å². The molecular formula is C14H12O2. The predicted octanol–water partition coefficient (Wildman–Crippen LogP) is 2.98. The van der Waals surface area contributed by atoms with Crippen LogP contribution in [0, 0.1) is 0 Å². The maximum Gasteiger partial charge on any atom is 0.154 e. The van der Waals surface area contributed by atoms with Crippen LogP contribution in [0.5, 0.6) is 5.75 Å². The summed E-state index contributed by atoms with van der Waals surface area (Å²) in [5.74, 6) is 0.779. The van der Waals surface area contributed by atoms with Crippen molar-refractivity contribution in [2.75, 3.05) is 0 Å². The van der Waals surface area contributed by atoms with Gasteiger partial charge in [-0.2, -0.15) is 0 Å². The number of carbonyl (C=O) groups is 1. The molecule has 0 spiro atoms. The molecule has 0 aromatic heterocycles. The Labute approximate surface area is 93.8 Å². The van der Waals surface area contributed by atoms with Gasteiger partial charge in [-0.1, -0.05) is 24.3 Å². The van der Waals surface area contributed by atoms with Gasteiger partial charge in [0.1, 0.15) is 11.9 Å². The fourth-order valence-electron chi connectivity index (χ4n) is 2.38. The van der Waals surface area contributed by atoms with Gasteiger partial charge in [-0.15, -0.1) is 0 Å². The van der Waals surface area contributed by atoms with Crippen molar-refractivity contribution in [2.45, 2.75) is 19.4 Å². The van der Waals surface area contributed by atoms with Gasteiger partial charge in [0.05, 0.1) is 5.56 Å². The zero-order valence-corrected chi connectivity index (χ0v) is 9.07. The van der Waals surface area contributed by atoms with Crippen LogP contribution in [0.1, 0.15) is 22.8 Å². The van der Waals surface area contributed by atoms with Gasteiger partial charge in [0.25, 0.3) is 0 Å². The van der Waals surface area contributed by atoms with Crippen molar-refractivity contribution in [1.82, 2.24) is 0 Å². The highest BCUT2D eigenvalue weighted by Crippen LogP contribution is 2.36. The number of fused-ring (bicyclic) bond motifs is 2. The van der Waals surface area contributed by atoms with Crippen molar-refractivity contribution < 1.29 is 9.53 Å². The molecule has 0 amide bonds. The third-order valence-corrected chi connectivity index (χ3v) is 3.06. The van der Waals surface area contributed by atoms with Crippen molar-refractivity contribution >= 4 is 17.1 Å². The minimum absolute atomic E-state index is 0.172. The molecule has 1 aliphatic rings. The first-order chi connectivity index (χ1) is 7.79. The Morgan fingerprint density at radius 3 is 3.00 bits per heavy atom. The quantitative estimate of drug-likeness (QED) is 0.679. The maximum absolute atomic E-state index is 11.2. The zero-order valence-electron chi connectivity index (χ0n) is 9.07. The van der Waals surface area contributed by atoms with Crippen molar-refractivity contribution in [3.05, 3.63) is 41.5 Å². The lowest BCUT2D eigenvalue weighted by molar-refractivity contribution is 0.112. The van der Waals surface area contributed by atoms with Gasteiger partial charge in [-0.3, -0.25) is 4.79 Å². The van der Waals surface area contributed by atoms with Crippen molar-refractivity contribution in [1.29, 1.82) is 0 Å². The lowest BCUT2D eigenvalue weighted by atomic mass is 9.99. The normalized spacial score (nSPS) is 18.2. The summed E-state index contributed by atoms with van der Waals surface area (Å²) in [4.78, 5) is 11.2. The minimum atomic E-state index is 0.172. The second kappa shape index (κ2) is 3.34. The molecule has 2 aromatic carbocycles. The summed E-state index contributed by atoms with van der Waals surface area (Å²) in [5, 5.41) is 2.09. The molecule has 1 atom stereocenters. The third-order valence-electron chi connectivity index (χ3n) is 3.06. The topological polar surface area (TPSA) is 26.3 Å². The Hall–Kier alpha value is -1.83. The van der Waals surface area contributed by atoms with Crippen molar-refractivity contribution in [2.24, 2.45) is 0 Å². The van der Waals surface area contributed by atoms with E-state index in [4.69, 9.17) is 4.74 Å². The van der Waals surface area contributed by atoms with Gasteiger partial charge in [-0.25, -0.2) is 0 Å². The van der Waals surface area contributed by atoms with E-state index in [1.165, 1.54) is 0 Å². The predicted molar refractivity (Wildman–Crippen MR) is 63.1 cm³/mol. The van der Waals surface area contributed by atoms with Crippen LogP contribution in [0.3, 0.4) is 0 Å². The van der Waals surface area contributed by atoms with Crippen LogP contribution in [-0.2, 0) is 6.42 Å². The highest BCUT2D eigenvalue weighted by Gasteiger charge is 2.23. The third kappa shape index (κ3) is 1.23. The van der Waals surface area contributed by atoms with E-state index in [2.05, 4.69) is 6.07 Å². The number of aldehydes is 1. The number of rotatable bonds is 1. The summed E-state index contributed by atoms with van der Waals surface area (Å²) in [7, 11) is 0. The van der Waals surface area contributed by atoms with Crippen LogP contribution in [0.15, 0.2) is 30.3 Å². The first kappa shape index (κ1) is 9.40. The molecule has 80 valence electrons. The first-order valence-corrected chi connectivity index (χ1v) is 5.46. The van der Waals surface area contributed by atoms with Crippen LogP contribution in [0.2, 0.25) is 0 Å². The zero-order chi connectivity index (χ0) is 11.1. The number of benzene rings is 2. The fraction of sp³-hybridized carbons (Fsp3) is 0.214. The summed E-state index contributed by atoms with van der Waals surface area (Å²) in [6.45, 7) is 2.03. The van der Waals surface area contributed by atoms with E-state index < -0.39 is 0 Å². The molecule has 0 fully saturated rings. The SMILES string of the molecule is CC1Cc2cc3ccccc3c(C=O)c2O1. The minimum Gasteiger partial charge on any atom is -0.489 e. The van der Waals surface area contributed by atoms with E-state index in [1.54, 1.807) is 0 Å². The average molecular weight is 212 g/mol. The van der Waals surface area contributed by atoms with Gasteiger partial charge in [0, 0.05) is 6.42 Å². The Bertz CT molecular complexity index is 572. The molecule has 1 unspecified atom stereocenters. The van der Waals surface area contributed by atoms with Crippen LogP contribution in [0.4, 0.5) is 0 Å². The number of hydrogen-bond donors (Lipinski definition) is 0. The van der Waals surface area contributed by atoms with E-state index in [9.17, 15) is 4.79 Å². The van der Waals surface area contributed by atoms with E-state index in [0.717, 1.165) is 34.8 Å². The molecule has 2 aromatic rings. The Balaban J connectivity index is 2.38. The molecule has 2 heteroatoms. The Kier molecular flexibility index (Phi) is 1.96. The Morgan fingerprint density at radius 2 is 2.19 bits per heavy atom. The molecule has 0 N–H and O–H groups in total. The standard InChI is InChI=1S/C14H12O2/c1-9-6-11-7-10-4-2-3-5-12(10)13(8-15)14(11)16-9/h2-5,7-9H,6H2,1H3. The number of hydrogen-bond acceptors (Lipinski definition) is 2. The molecule has 0 radical (unpaired) electrons. The molecule has 0 aliphatic carbocycles. The molecule has 0 bridgehead atoms. The lowest BCUT2D eigenvalue weighted by Gasteiger charge is -2.08. The fourth-order valence-corrected chi connectivity index (χ4v) is 2.38. The molecular weight excluding hydrogens is 200 g/mol. The van der Waals surface area contributed by atoms with Gasteiger partial charge in [0.2, 0.25) is 0 Å². The molecule has 16 heavy (non-hydrogen) atoms. The van der Waals surface area contributed by atoms with Gasteiger partial charge in [0.15, 0.2) is 6.29 Å². The summed E-state index contributed by atoms with van der Waals surface area (Å²) >= 11 is 0. The van der Waals surface area contributed by atoms with Gasteiger partial charge >= 0.3 is 0 Å². The van der Waals surface area contributed by atoms with E-state index in [-0.39, 0.29) is 6.10 Å². The van der Waals surface area contributed by atoms with Crippen LogP contribution < -0.4 is 4.74 Å². The molecule has 1 heterocycles. The van der Waals surface area contributed by atoms with Crippen LogP contribution >= 0.6 is 0 Å². The summed E-state index contributed by atoms with van der Waals surface area (Å²) in [6, 6.07) is 10.1. The van der Waals surface area contributed by atoms with Crippen LogP contribution in [0.25, 0.3) is 10.8 Å². The van der Waals surface area contributed by atoms with Gasteiger partial charge in [-0.05, 0) is 29.3 Å². The maximum atomic E-state index is 11.2. The summed E-state index contributed by atoms with van der Waals surface area (Å²) < 4.78 is 5.71. The molecule has 2 nitrogen and oxygen atoms in total. The largest absolute Gasteiger partial charge is 0.489 e. The molecule has 1 aliphatic heterocycles. The van der Waals surface area contributed by atoms with E-state index >= 15 is 0 Å². The number of carbonyl (C=O) groups excluding carboxylic acids is 1. The molecule has 3 rings (SSSR count). The summed E-state index contributed by atoms with van der Waals surface area (Å²) in [6.07, 6.45) is 1.96. The van der Waals surface area contributed by atoms with Crippen molar-refractivity contribution in [3.8, 4) is 5.75 Å². The smallest absolute Gasteiger partial charge is 0.154 e. The monoisotopic (exact) mass is 212 g/mol. The second-order valence-corrected chi connectivity index (χ2v) is 4.25. The molecule has 0 saturated carbocycles. The summed E-state index contributed by atoms with van der Waals surface area (Å²) in [5.41, 5.74) is 1.84. The van der Waals surface area contributed by atoms with E-state index in [0.29, 0.717) is 5.56 Å².